The highest BCUT2D eigenvalue weighted by atomic mass is 35.5. The van der Waals surface area contributed by atoms with Gasteiger partial charge in [0, 0.05) is 11.6 Å². The third-order valence-corrected chi connectivity index (χ3v) is 3.51. The van der Waals surface area contributed by atoms with Crippen LogP contribution in [0.1, 0.15) is 15.9 Å². The third kappa shape index (κ3) is 2.87. The molecule has 1 aromatic heterocycles. The van der Waals surface area contributed by atoms with Crippen molar-refractivity contribution in [1.29, 1.82) is 0 Å². The van der Waals surface area contributed by atoms with E-state index in [4.69, 9.17) is 16.0 Å². The number of carbonyl (C=O) groups excluding carboxylic acids is 1. The molecule has 0 bridgehead atoms. The standard InChI is InChI=1S/C17H12ClNO3/c18-12-6-7-15-13(8-12)16(20)14(10-22-15)17(21)19-9-11-4-2-1-3-5-11/h1-8,10H,9H2,(H,19,21). The highest BCUT2D eigenvalue weighted by Gasteiger charge is 2.14. The first-order valence-corrected chi connectivity index (χ1v) is 7.06. The fourth-order valence-corrected chi connectivity index (χ4v) is 2.31. The molecule has 1 amide bonds. The fraction of sp³-hybridized carbons (Fsp3) is 0.0588. The molecule has 1 N–H and O–H groups in total. The van der Waals surface area contributed by atoms with Gasteiger partial charge in [0.25, 0.3) is 5.91 Å². The molecular formula is C17H12ClNO3. The third-order valence-electron chi connectivity index (χ3n) is 3.28. The summed E-state index contributed by atoms with van der Waals surface area (Å²) in [5, 5.41) is 3.41. The summed E-state index contributed by atoms with van der Waals surface area (Å²) in [7, 11) is 0. The van der Waals surface area contributed by atoms with E-state index < -0.39 is 11.3 Å². The van der Waals surface area contributed by atoms with Crippen molar-refractivity contribution in [3.05, 3.63) is 81.2 Å². The molecule has 0 unspecified atom stereocenters. The van der Waals surface area contributed by atoms with Crippen LogP contribution < -0.4 is 10.7 Å². The van der Waals surface area contributed by atoms with Crippen LogP contribution in [0.5, 0.6) is 0 Å². The molecule has 22 heavy (non-hydrogen) atoms. The van der Waals surface area contributed by atoms with Crippen LogP contribution in [-0.2, 0) is 6.54 Å². The summed E-state index contributed by atoms with van der Waals surface area (Å²) in [6.45, 7) is 0.340. The fourth-order valence-electron chi connectivity index (χ4n) is 2.13. The summed E-state index contributed by atoms with van der Waals surface area (Å²) in [6.07, 6.45) is 1.18. The minimum Gasteiger partial charge on any atom is -0.463 e. The van der Waals surface area contributed by atoms with E-state index in [1.807, 2.05) is 30.3 Å². The van der Waals surface area contributed by atoms with Crippen molar-refractivity contribution in [2.45, 2.75) is 6.54 Å². The average Bonchev–Trinajstić information content (AvgIpc) is 2.54. The molecule has 0 fully saturated rings. The molecule has 0 spiro atoms. The first kappa shape index (κ1) is 14.4. The average molecular weight is 314 g/mol. The van der Waals surface area contributed by atoms with E-state index in [2.05, 4.69) is 5.32 Å². The summed E-state index contributed by atoms with van der Waals surface area (Å²) >= 11 is 5.88. The van der Waals surface area contributed by atoms with Gasteiger partial charge in [0.05, 0.1) is 5.39 Å². The van der Waals surface area contributed by atoms with Crippen LogP contribution in [0.4, 0.5) is 0 Å². The van der Waals surface area contributed by atoms with Gasteiger partial charge in [0.2, 0.25) is 5.43 Å². The number of halogens is 1. The second-order valence-electron chi connectivity index (χ2n) is 4.79. The molecule has 0 atom stereocenters. The largest absolute Gasteiger partial charge is 0.463 e. The van der Waals surface area contributed by atoms with Crippen molar-refractivity contribution >= 4 is 28.5 Å². The minimum atomic E-state index is -0.473. The quantitative estimate of drug-likeness (QED) is 0.806. The number of benzene rings is 2. The molecule has 0 aliphatic rings. The highest BCUT2D eigenvalue weighted by molar-refractivity contribution is 6.31. The van der Waals surface area contributed by atoms with Crippen molar-refractivity contribution < 1.29 is 9.21 Å². The van der Waals surface area contributed by atoms with Gasteiger partial charge in [-0.15, -0.1) is 0 Å². The van der Waals surface area contributed by atoms with Crippen LogP contribution in [-0.4, -0.2) is 5.91 Å². The number of amides is 1. The highest BCUT2D eigenvalue weighted by Crippen LogP contribution is 2.17. The Bertz CT molecular complexity index is 887. The molecule has 0 aliphatic heterocycles. The Morgan fingerprint density at radius 3 is 2.68 bits per heavy atom. The molecule has 0 saturated heterocycles. The van der Waals surface area contributed by atoms with Gasteiger partial charge >= 0.3 is 0 Å². The van der Waals surface area contributed by atoms with Gasteiger partial charge in [-0.05, 0) is 23.8 Å². The Labute approximate surface area is 131 Å². The normalized spacial score (nSPS) is 10.6. The topological polar surface area (TPSA) is 59.3 Å². The number of rotatable bonds is 3. The number of hydrogen-bond donors (Lipinski definition) is 1. The molecule has 1 heterocycles. The first-order chi connectivity index (χ1) is 10.6. The second kappa shape index (κ2) is 6.03. The number of fused-ring (bicyclic) bond motifs is 1. The molecule has 0 aliphatic carbocycles. The molecule has 3 aromatic rings. The molecule has 0 saturated carbocycles. The van der Waals surface area contributed by atoms with Crippen LogP contribution in [0.15, 0.2) is 64.0 Å². The molecular weight excluding hydrogens is 302 g/mol. The van der Waals surface area contributed by atoms with Gasteiger partial charge in [-0.3, -0.25) is 9.59 Å². The number of hydrogen-bond acceptors (Lipinski definition) is 3. The second-order valence-corrected chi connectivity index (χ2v) is 5.22. The maximum Gasteiger partial charge on any atom is 0.258 e. The van der Waals surface area contributed by atoms with Crippen LogP contribution in [0, 0.1) is 0 Å². The van der Waals surface area contributed by atoms with E-state index in [1.54, 1.807) is 12.1 Å². The van der Waals surface area contributed by atoms with Crippen LogP contribution in [0.2, 0.25) is 5.02 Å². The van der Waals surface area contributed by atoms with Crippen molar-refractivity contribution in [3.63, 3.8) is 0 Å². The molecule has 0 radical (unpaired) electrons. The molecule has 5 heteroatoms. The lowest BCUT2D eigenvalue weighted by molar-refractivity contribution is 0.0948. The number of nitrogens with one attached hydrogen (secondary N) is 1. The maximum atomic E-state index is 12.4. The zero-order chi connectivity index (χ0) is 15.5. The van der Waals surface area contributed by atoms with E-state index in [1.165, 1.54) is 12.3 Å². The zero-order valence-corrected chi connectivity index (χ0v) is 12.3. The summed E-state index contributed by atoms with van der Waals surface area (Å²) in [6, 6.07) is 14.2. The summed E-state index contributed by atoms with van der Waals surface area (Å²) < 4.78 is 5.33. The number of carbonyl (C=O) groups is 1. The van der Waals surface area contributed by atoms with Gasteiger partial charge in [-0.2, -0.15) is 0 Å². The van der Waals surface area contributed by atoms with Crippen molar-refractivity contribution in [2.75, 3.05) is 0 Å². The lowest BCUT2D eigenvalue weighted by atomic mass is 10.1. The Morgan fingerprint density at radius 1 is 1.14 bits per heavy atom. The lowest BCUT2D eigenvalue weighted by Crippen LogP contribution is -2.28. The van der Waals surface area contributed by atoms with Crippen molar-refractivity contribution in [1.82, 2.24) is 5.32 Å². The Hall–Kier alpha value is -2.59. The first-order valence-electron chi connectivity index (χ1n) is 6.68. The summed E-state index contributed by atoms with van der Waals surface area (Å²) in [5.74, 6) is -0.473. The zero-order valence-electron chi connectivity index (χ0n) is 11.5. The van der Waals surface area contributed by atoms with Gasteiger partial charge in [0.1, 0.15) is 17.4 Å². The van der Waals surface area contributed by atoms with E-state index in [0.717, 1.165) is 5.56 Å². The van der Waals surface area contributed by atoms with Gasteiger partial charge in [-0.1, -0.05) is 41.9 Å². The van der Waals surface area contributed by atoms with E-state index in [-0.39, 0.29) is 5.56 Å². The van der Waals surface area contributed by atoms with E-state index in [9.17, 15) is 9.59 Å². The predicted molar refractivity (Wildman–Crippen MR) is 85.1 cm³/mol. The summed E-state index contributed by atoms with van der Waals surface area (Å²) in [5.41, 5.74) is 0.915. The summed E-state index contributed by atoms with van der Waals surface area (Å²) in [4.78, 5) is 24.5. The Morgan fingerprint density at radius 2 is 1.91 bits per heavy atom. The minimum absolute atomic E-state index is 0.0364. The van der Waals surface area contributed by atoms with Crippen LogP contribution in [0.3, 0.4) is 0 Å². The monoisotopic (exact) mass is 313 g/mol. The van der Waals surface area contributed by atoms with Crippen molar-refractivity contribution in [3.8, 4) is 0 Å². The predicted octanol–water partition coefficient (Wildman–Crippen LogP) is 3.38. The molecule has 3 rings (SSSR count). The molecule has 4 nitrogen and oxygen atoms in total. The van der Waals surface area contributed by atoms with Crippen molar-refractivity contribution in [2.24, 2.45) is 0 Å². The van der Waals surface area contributed by atoms with E-state index >= 15 is 0 Å². The van der Waals surface area contributed by atoms with Crippen LogP contribution >= 0.6 is 11.6 Å². The Kier molecular flexibility index (Phi) is 3.94. The van der Waals surface area contributed by atoms with Gasteiger partial charge in [0.15, 0.2) is 0 Å². The smallest absolute Gasteiger partial charge is 0.258 e. The molecule has 2 aromatic carbocycles. The lowest BCUT2D eigenvalue weighted by Gasteiger charge is -2.05. The maximum absolute atomic E-state index is 12.4. The van der Waals surface area contributed by atoms with Gasteiger partial charge < -0.3 is 9.73 Å². The SMILES string of the molecule is O=C(NCc1ccccc1)c1coc2ccc(Cl)cc2c1=O. The molecule has 110 valence electrons. The Balaban J connectivity index is 1.88. The van der Waals surface area contributed by atoms with Gasteiger partial charge in [-0.25, -0.2) is 0 Å². The van der Waals surface area contributed by atoms with Crippen LogP contribution in [0.25, 0.3) is 11.0 Å². The van der Waals surface area contributed by atoms with E-state index in [0.29, 0.717) is 22.5 Å².